The normalized spacial score (nSPS) is 19.2. The van der Waals surface area contributed by atoms with Crippen molar-refractivity contribution < 1.29 is 9.47 Å². The smallest absolute Gasteiger partial charge is 0.191 e. The molecule has 32 heavy (non-hydrogen) atoms. The number of methoxy groups -OCH3 is 1. The molecule has 2 N–H and O–H groups in total. The first-order valence-corrected chi connectivity index (χ1v) is 11.6. The van der Waals surface area contributed by atoms with Crippen LogP contribution in [0.4, 0.5) is 11.4 Å². The Morgan fingerprint density at radius 2 is 1.84 bits per heavy atom. The summed E-state index contributed by atoms with van der Waals surface area (Å²) in [5.74, 6) is 1.80. The van der Waals surface area contributed by atoms with Gasteiger partial charge in [-0.2, -0.15) is 0 Å². The summed E-state index contributed by atoms with van der Waals surface area (Å²) in [6.45, 7) is 9.05. The Hall–Kier alpha value is -2.93. The quantitative estimate of drug-likeness (QED) is 0.513. The molecule has 2 fully saturated rings. The molecule has 0 radical (unpaired) electrons. The van der Waals surface area contributed by atoms with E-state index in [1.165, 1.54) is 11.3 Å². The molecule has 2 saturated heterocycles. The number of rotatable bonds is 7. The standard InChI is InChI=1S/C25H35N5O2/c1-3-26-25(27-18-20-8-10-22(11-9-20)29-14-16-32-17-15-29)28-21-12-13-30(19-21)23-6-4-5-7-24(23)31-2/h4-11,21H,3,12-19H2,1-2H3,(H2,26,27,28). The van der Waals surface area contributed by atoms with Crippen LogP contribution in [-0.4, -0.2) is 65.0 Å². The largest absolute Gasteiger partial charge is 0.495 e. The molecule has 0 spiro atoms. The first-order valence-electron chi connectivity index (χ1n) is 11.6. The van der Waals surface area contributed by atoms with Crippen LogP contribution in [0.2, 0.25) is 0 Å². The van der Waals surface area contributed by atoms with Gasteiger partial charge in [0.25, 0.3) is 0 Å². The van der Waals surface area contributed by atoms with E-state index in [4.69, 9.17) is 14.5 Å². The summed E-state index contributed by atoms with van der Waals surface area (Å²) in [5, 5.41) is 7.02. The molecule has 7 heteroatoms. The second-order valence-corrected chi connectivity index (χ2v) is 8.21. The Morgan fingerprint density at radius 3 is 2.59 bits per heavy atom. The van der Waals surface area contributed by atoms with Gasteiger partial charge >= 0.3 is 0 Å². The number of hydrogen-bond acceptors (Lipinski definition) is 5. The number of hydrogen-bond donors (Lipinski definition) is 2. The fraction of sp³-hybridized carbons (Fsp3) is 0.480. The molecule has 2 aromatic carbocycles. The van der Waals surface area contributed by atoms with Gasteiger partial charge in [-0.05, 0) is 43.2 Å². The molecule has 2 aromatic rings. The van der Waals surface area contributed by atoms with Crippen molar-refractivity contribution in [3.8, 4) is 5.75 Å². The van der Waals surface area contributed by atoms with Crippen LogP contribution in [0.25, 0.3) is 0 Å². The summed E-state index contributed by atoms with van der Waals surface area (Å²) in [5.41, 5.74) is 3.62. The van der Waals surface area contributed by atoms with E-state index in [1.807, 2.05) is 12.1 Å². The van der Waals surface area contributed by atoms with E-state index in [0.717, 1.165) is 69.8 Å². The Bertz CT molecular complexity index is 880. The lowest BCUT2D eigenvalue weighted by atomic mass is 10.2. The SMILES string of the molecule is CCNC(=NCc1ccc(N2CCOCC2)cc1)NC1CCN(c2ccccc2OC)C1. The second kappa shape index (κ2) is 11.1. The van der Waals surface area contributed by atoms with Gasteiger partial charge in [0.2, 0.25) is 0 Å². The molecule has 7 nitrogen and oxygen atoms in total. The molecule has 4 rings (SSSR count). The zero-order valence-electron chi connectivity index (χ0n) is 19.2. The van der Waals surface area contributed by atoms with Gasteiger partial charge in [-0.3, -0.25) is 0 Å². The van der Waals surface area contributed by atoms with E-state index in [9.17, 15) is 0 Å². The third kappa shape index (κ3) is 5.65. The highest BCUT2D eigenvalue weighted by Crippen LogP contribution is 2.30. The maximum absolute atomic E-state index is 5.54. The van der Waals surface area contributed by atoms with E-state index >= 15 is 0 Å². The molecule has 2 aliphatic rings. The lowest BCUT2D eigenvalue weighted by molar-refractivity contribution is 0.122. The number of nitrogens with one attached hydrogen (secondary N) is 2. The van der Waals surface area contributed by atoms with Crippen molar-refractivity contribution in [3.05, 3.63) is 54.1 Å². The number of anilines is 2. The summed E-state index contributed by atoms with van der Waals surface area (Å²) in [6, 6.07) is 17.3. The fourth-order valence-corrected chi connectivity index (χ4v) is 4.31. The van der Waals surface area contributed by atoms with Crippen molar-refractivity contribution in [1.82, 2.24) is 10.6 Å². The number of aliphatic imine (C=N–C) groups is 1. The number of nitrogens with zero attached hydrogens (tertiary/aromatic N) is 3. The van der Waals surface area contributed by atoms with E-state index in [1.54, 1.807) is 7.11 Å². The van der Waals surface area contributed by atoms with Gasteiger partial charge in [0.1, 0.15) is 5.75 Å². The summed E-state index contributed by atoms with van der Waals surface area (Å²) in [4.78, 5) is 9.59. The average Bonchev–Trinajstić information content (AvgIpc) is 3.32. The maximum Gasteiger partial charge on any atom is 0.191 e. The predicted molar refractivity (Wildman–Crippen MR) is 131 cm³/mol. The van der Waals surface area contributed by atoms with Gasteiger partial charge < -0.3 is 29.9 Å². The minimum Gasteiger partial charge on any atom is -0.495 e. The van der Waals surface area contributed by atoms with Crippen LogP contribution in [0.15, 0.2) is 53.5 Å². The number of para-hydroxylation sites is 2. The molecule has 172 valence electrons. The first kappa shape index (κ1) is 22.3. The summed E-state index contributed by atoms with van der Waals surface area (Å²) >= 11 is 0. The van der Waals surface area contributed by atoms with Gasteiger partial charge in [-0.1, -0.05) is 24.3 Å². The van der Waals surface area contributed by atoms with Crippen molar-refractivity contribution in [2.75, 3.05) is 62.8 Å². The molecule has 0 saturated carbocycles. The van der Waals surface area contributed by atoms with Gasteiger partial charge in [0, 0.05) is 44.5 Å². The van der Waals surface area contributed by atoms with Crippen LogP contribution < -0.4 is 25.2 Å². The topological polar surface area (TPSA) is 61.4 Å². The Balaban J connectivity index is 1.34. The predicted octanol–water partition coefficient (Wildman–Crippen LogP) is 2.87. The van der Waals surface area contributed by atoms with Crippen LogP contribution >= 0.6 is 0 Å². The highest BCUT2D eigenvalue weighted by Gasteiger charge is 2.25. The number of benzene rings is 2. The van der Waals surface area contributed by atoms with E-state index in [2.05, 4.69) is 63.8 Å². The van der Waals surface area contributed by atoms with Crippen molar-refractivity contribution in [2.24, 2.45) is 4.99 Å². The zero-order valence-corrected chi connectivity index (χ0v) is 19.2. The van der Waals surface area contributed by atoms with E-state index < -0.39 is 0 Å². The Kier molecular flexibility index (Phi) is 7.72. The van der Waals surface area contributed by atoms with Gasteiger partial charge in [-0.15, -0.1) is 0 Å². The molecule has 2 heterocycles. The number of ether oxygens (including phenoxy) is 2. The fourth-order valence-electron chi connectivity index (χ4n) is 4.31. The van der Waals surface area contributed by atoms with Crippen molar-refractivity contribution in [1.29, 1.82) is 0 Å². The molecule has 0 amide bonds. The molecule has 0 bridgehead atoms. The van der Waals surface area contributed by atoms with Gasteiger partial charge in [0.15, 0.2) is 5.96 Å². The summed E-state index contributed by atoms with van der Waals surface area (Å²) in [6.07, 6.45) is 1.07. The minimum absolute atomic E-state index is 0.349. The van der Waals surface area contributed by atoms with Crippen LogP contribution in [0.5, 0.6) is 5.75 Å². The molecular weight excluding hydrogens is 402 g/mol. The lowest BCUT2D eigenvalue weighted by Gasteiger charge is -2.28. The zero-order chi connectivity index (χ0) is 22.2. The van der Waals surface area contributed by atoms with Crippen molar-refractivity contribution in [2.45, 2.75) is 25.9 Å². The molecule has 2 aliphatic heterocycles. The Labute approximate surface area is 191 Å². The monoisotopic (exact) mass is 437 g/mol. The van der Waals surface area contributed by atoms with Crippen molar-refractivity contribution in [3.63, 3.8) is 0 Å². The highest BCUT2D eigenvalue weighted by atomic mass is 16.5. The average molecular weight is 438 g/mol. The molecule has 0 aliphatic carbocycles. The first-order chi connectivity index (χ1) is 15.8. The summed E-state index contributed by atoms with van der Waals surface area (Å²) < 4.78 is 11.0. The van der Waals surface area contributed by atoms with Gasteiger partial charge in [-0.25, -0.2) is 4.99 Å². The molecule has 1 atom stereocenters. The summed E-state index contributed by atoms with van der Waals surface area (Å²) in [7, 11) is 1.73. The maximum atomic E-state index is 5.54. The number of guanidine groups is 1. The van der Waals surface area contributed by atoms with Crippen LogP contribution in [0.1, 0.15) is 18.9 Å². The van der Waals surface area contributed by atoms with Crippen LogP contribution in [0.3, 0.4) is 0 Å². The number of morpholine rings is 1. The van der Waals surface area contributed by atoms with Crippen LogP contribution in [-0.2, 0) is 11.3 Å². The molecular formula is C25H35N5O2. The van der Waals surface area contributed by atoms with E-state index in [-0.39, 0.29) is 0 Å². The molecule has 1 unspecified atom stereocenters. The van der Waals surface area contributed by atoms with Crippen molar-refractivity contribution >= 4 is 17.3 Å². The minimum atomic E-state index is 0.349. The Morgan fingerprint density at radius 1 is 1.06 bits per heavy atom. The van der Waals surface area contributed by atoms with Crippen LogP contribution in [0, 0.1) is 0 Å². The van der Waals surface area contributed by atoms with E-state index in [0.29, 0.717) is 12.6 Å². The second-order valence-electron chi connectivity index (χ2n) is 8.21. The lowest BCUT2D eigenvalue weighted by Crippen LogP contribution is -2.44. The third-order valence-corrected chi connectivity index (χ3v) is 6.03. The third-order valence-electron chi connectivity index (χ3n) is 6.03. The molecule has 0 aromatic heterocycles. The van der Waals surface area contributed by atoms with Gasteiger partial charge in [0.05, 0.1) is 32.6 Å². The highest BCUT2D eigenvalue weighted by molar-refractivity contribution is 5.80.